The van der Waals surface area contributed by atoms with E-state index in [1.54, 1.807) is 6.20 Å². The fourth-order valence-electron chi connectivity index (χ4n) is 3.98. The molecule has 0 aliphatic carbocycles. The summed E-state index contributed by atoms with van der Waals surface area (Å²) in [5, 5.41) is 0.867. The quantitative estimate of drug-likeness (QED) is 0.419. The van der Waals surface area contributed by atoms with E-state index in [-0.39, 0.29) is 5.91 Å². The van der Waals surface area contributed by atoms with E-state index in [1.165, 1.54) is 0 Å². The Bertz CT molecular complexity index is 1220. The Balaban J connectivity index is 1.47. The van der Waals surface area contributed by atoms with Crippen LogP contribution in [0.25, 0.3) is 22.2 Å². The van der Waals surface area contributed by atoms with Crippen LogP contribution in [0.3, 0.4) is 0 Å². The maximum Gasteiger partial charge on any atom is 0.254 e. The lowest BCUT2D eigenvalue weighted by molar-refractivity contribution is 0.0748. The van der Waals surface area contributed by atoms with Crippen molar-refractivity contribution in [3.05, 3.63) is 89.0 Å². The van der Waals surface area contributed by atoms with Crippen LogP contribution < -0.4 is 4.90 Å². The highest BCUT2D eigenvalue weighted by molar-refractivity contribution is 9.10. The van der Waals surface area contributed by atoms with Gasteiger partial charge >= 0.3 is 0 Å². The van der Waals surface area contributed by atoms with Gasteiger partial charge in [-0.2, -0.15) is 0 Å². The third-order valence-electron chi connectivity index (χ3n) is 5.61. The normalized spacial score (nSPS) is 14.1. The van der Waals surface area contributed by atoms with Crippen LogP contribution in [0, 0.1) is 0 Å². The number of benzene rings is 2. The zero-order valence-corrected chi connectivity index (χ0v) is 18.5. The molecule has 1 aliphatic rings. The number of nitrogens with zero attached hydrogens (tertiary/aromatic N) is 4. The van der Waals surface area contributed by atoms with Gasteiger partial charge in [-0.1, -0.05) is 52.3 Å². The first-order valence-corrected chi connectivity index (χ1v) is 11.1. The molecule has 0 bridgehead atoms. The molecule has 4 aromatic rings. The van der Waals surface area contributed by atoms with E-state index < -0.39 is 0 Å². The molecule has 1 fully saturated rings. The van der Waals surface area contributed by atoms with Gasteiger partial charge in [-0.3, -0.25) is 4.79 Å². The fourth-order valence-corrected chi connectivity index (χ4v) is 4.34. The van der Waals surface area contributed by atoms with Crippen molar-refractivity contribution in [2.45, 2.75) is 0 Å². The second-order valence-corrected chi connectivity index (χ2v) is 8.47. The van der Waals surface area contributed by atoms with Crippen LogP contribution in [0.4, 0.5) is 5.82 Å². The van der Waals surface area contributed by atoms with Crippen molar-refractivity contribution in [3.8, 4) is 11.3 Å². The molecule has 154 valence electrons. The number of amides is 1. The molecule has 6 heteroatoms. The molecule has 2 aromatic heterocycles. The summed E-state index contributed by atoms with van der Waals surface area (Å²) in [6.07, 6.45) is 1.80. The maximum absolute atomic E-state index is 13.6. The minimum atomic E-state index is 0.0448. The molecule has 0 atom stereocenters. The molecule has 0 N–H and O–H groups in total. The van der Waals surface area contributed by atoms with Crippen molar-refractivity contribution in [1.82, 2.24) is 14.9 Å². The number of fused-ring (bicyclic) bond motifs is 1. The Morgan fingerprint density at radius 2 is 1.65 bits per heavy atom. The molecule has 1 saturated heterocycles. The predicted molar refractivity (Wildman–Crippen MR) is 127 cm³/mol. The molecule has 0 radical (unpaired) electrons. The highest BCUT2D eigenvalue weighted by atomic mass is 79.9. The van der Waals surface area contributed by atoms with Crippen LogP contribution in [-0.4, -0.2) is 47.0 Å². The standard InChI is InChI=1S/C25H21BrN4O/c26-19-9-10-22-20(16-19)21(17-23(28-22)18-6-2-1-3-7-18)25(31)30-14-12-29(13-15-30)24-8-4-5-11-27-24/h1-11,16-17H,12-15H2. The third kappa shape index (κ3) is 4.03. The van der Waals surface area contributed by atoms with Crippen LogP contribution in [-0.2, 0) is 0 Å². The van der Waals surface area contributed by atoms with E-state index in [1.807, 2.05) is 77.7 Å². The molecular weight excluding hydrogens is 452 g/mol. The lowest BCUT2D eigenvalue weighted by Gasteiger charge is -2.35. The first kappa shape index (κ1) is 19.7. The first-order valence-electron chi connectivity index (χ1n) is 10.3. The molecule has 0 spiro atoms. The third-order valence-corrected chi connectivity index (χ3v) is 6.10. The minimum Gasteiger partial charge on any atom is -0.353 e. The summed E-state index contributed by atoms with van der Waals surface area (Å²) in [4.78, 5) is 27.0. The molecular formula is C25H21BrN4O. The summed E-state index contributed by atoms with van der Waals surface area (Å²) in [5.74, 6) is 1.00. The summed E-state index contributed by atoms with van der Waals surface area (Å²) < 4.78 is 0.934. The van der Waals surface area contributed by atoms with Gasteiger partial charge in [0.1, 0.15) is 5.82 Å². The van der Waals surface area contributed by atoms with Gasteiger partial charge in [0.15, 0.2) is 0 Å². The van der Waals surface area contributed by atoms with E-state index in [4.69, 9.17) is 4.98 Å². The smallest absolute Gasteiger partial charge is 0.254 e. The molecule has 1 amide bonds. The van der Waals surface area contributed by atoms with E-state index in [9.17, 15) is 4.79 Å². The zero-order chi connectivity index (χ0) is 21.2. The SMILES string of the molecule is O=C(c1cc(-c2ccccc2)nc2ccc(Br)cc12)N1CCN(c2ccccn2)CC1. The van der Waals surface area contributed by atoms with Crippen molar-refractivity contribution in [2.24, 2.45) is 0 Å². The lowest BCUT2D eigenvalue weighted by Crippen LogP contribution is -2.49. The van der Waals surface area contributed by atoms with Gasteiger partial charge in [0.2, 0.25) is 0 Å². The number of carbonyl (C=O) groups is 1. The van der Waals surface area contributed by atoms with E-state index in [0.717, 1.165) is 45.5 Å². The van der Waals surface area contributed by atoms with E-state index in [0.29, 0.717) is 18.7 Å². The van der Waals surface area contributed by atoms with Gasteiger partial charge < -0.3 is 9.80 Å². The van der Waals surface area contributed by atoms with E-state index >= 15 is 0 Å². The van der Waals surface area contributed by atoms with Crippen molar-refractivity contribution in [3.63, 3.8) is 0 Å². The number of hydrogen-bond donors (Lipinski definition) is 0. The number of pyridine rings is 2. The second kappa shape index (κ2) is 8.47. The van der Waals surface area contributed by atoms with Crippen molar-refractivity contribution in [2.75, 3.05) is 31.1 Å². The van der Waals surface area contributed by atoms with Crippen LogP contribution >= 0.6 is 15.9 Å². The maximum atomic E-state index is 13.6. The summed E-state index contributed by atoms with van der Waals surface area (Å²) >= 11 is 3.54. The Kier molecular flexibility index (Phi) is 5.38. The molecule has 0 unspecified atom stereocenters. The molecule has 5 nitrogen and oxygen atoms in total. The molecule has 2 aromatic carbocycles. The summed E-state index contributed by atoms with van der Waals surface area (Å²) in [5.41, 5.74) is 3.32. The van der Waals surface area contributed by atoms with Gasteiger partial charge in [0.25, 0.3) is 5.91 Å². The van der Waals surface area contributed by atoms with Crippen molar-refractivity contribution < 1.29 is 4.79 Å². The summed E-state index contributed by atoms with van der Waals surface area (Å²) in [6.45, 7) is 2.85. The Morgan fingerprint density at radius 3 is 2.39 bits per heavy atom. The fraction of sp³-hybridized carbons (Fsp3) is 0.160. The van der Waals surface area contributed by atoms with E-state index in [2.05, 4.69) is 25.8 Å². The average Bonchev–Trinajstić information content (AvgIpc) is 2.84. The topological polar surface area (TPSA) is 49.3 Å². The zero-order valence-electron chi connectivity index (χ0n) is 16.9. The number of anilines is 1. The van der Waals surface area contributed by atoms with Crippen molar-refractivity contribution >= 4 is 38.6 Å². The molecule has 31 heavy (non-hydrogen) atoms. The molecule has 3 heterocycles. The van der Waals surface area contributed by atoms with Gasteiger partial charge in [0, 0.05) is 47.8 Å². The monoisotopic (exact) mass is 472 g/mol. The second-order valence-electron chi connectivity index (χ2n) is 7.55. The molecule has 0 saturated carbocycles. The number of carbonyl (C=O) groups excluding carboxylic acids is 1. The van der Waals surface area contributed by atoms with Gasteiger partial charge in [-0.05, 0) is 36.4 Å². The minimum absolute atomic E-state index is 0.0448. The summed E-state index contributed by atoms with van der Waals surface area (Å²) in [6, 6.07) is 23.7. The highest BCUT2D eigenvalue weighted by Gasteiger charge is 2.25. The van der Waals surface area contributed by atoms with Crippen LogP contribution in [0.1, 0.15) is 10.4 Å². The number of piperazine rings is 1. The summed E-state index contributed by atoms with van der Waals surface area (Å²) in [7, 11) is 0. The average molecular weight is 473 g/mol. The van der Waals surface area contributed by atoms with Crippen LogP contribution in [0.5, 0.6) is 0 Å². The number of halogens is 1. The first-order chi connectivity index (χ1) is 15.2. The largest absolute Gasteiger partial charge is 0.353 e. The molecule has 1 aliphatic heterocycles. The predicted octanol–water partition coefficient (Wildman–Crippen LogP) is 5.02. The Labute approximate surface area is 189 Å². The van der Waals surface area contributed by atoms with Gasteiger partial charge in [-0.15, -0.1) is 0 Å². The highest BCUT2D eigenvalue weighted by Crippen LogP contribution is 2.28. The number of rotatable bonds is 3. The van der Waals surface area contributed by atoms with Gasteiger partial charge in [0.05, 0.1) is 16.8 Å². The van der Waals surface area contributed by atoms with Crippen LogP contribution in [0.15, 0.2) is 83.5 Å². The Hall–Kier alpha value is -3.25. The Morgan fingerprint density at radius 1 is 0.871 bits per heavy atom. The number of hydrogen-bond acceptors (Lipinski definition) is 4. The van der Waals surface area contributed by atoms with Gasteiger partial charge in [-0.25, -0.2) is 9.97 Å². The lowest BCUT2D eigenvalue weighted by atomic mass is 10.0. The van der Waals surface area contributed by atoms with Crippen molar-refractivity contribution in [1.29, 1.82) is 0 Å². The molecule has 5 rings (SSSR count). The van der Waals surface area contributed by atoms with Crippen LogP contribution in [0.2, 0.25) is 0 Å². The number of aromatic nitrogens is 2.